The smallest absolute Gasteiger partial charge is 0.244 e. The Morgan fingerprint density at radius 3 is 2.74 bits per heavy atom. The van der Waals surface area contributed by atoms with Gasteiger partial charge in [-0.3, -0.25) is 4.79 Å². The molecule has 0 saturated heterocycles. The highest BCUT2D eigenvalue weighted by atomic mass is 16.5. The molecule has 0 fully saturated rings. The normalized spacial score (nSPS) is 11.4. The van der Waals surface area contributed by atoms with Gasteiger partial charge in [0.25, 0.3) is 0 Å². The van der Waals surface area contributed by atoms with Crippen molar-refractivity contribution in [3.8, 4) is 11.5 Å². The predicted octanol–water partition coefficient (Wildman–Crippen LogP) is 3.95. The molecule has 0 spiro atoms. The van der Waals surface area contributed by atoms with Crippen LogP contribution in [-0.4, -0.2) is 31.7 Å². The van der Waals surface area contributed by atoms with Crippen molar-refractivity contribution in [3.63, 3.8) is 0 Å². The number of benzene rings is 2. The third-order valence-electron chi connectivity index (χ3n) is 4.55. The Labute approximate surface area is 159 Å². The van der Waals surface area contributed by atoms with Gasteiger partial charge in [-0.05, 0) is 42.7 Å². The van der Waals surface area contributed by atoms with Gasteiger partial charge in [0.1, 0.15) is 11.5 Å². The minimum atomic E-state index is -0.120. The molecule has 27 heavy (non-hydrogen) atoms. The van der Waals surface area contributed by atoms with Crippen LogP contribution in [0.3, 0.4) is 0 Å². The maximum atomic E-state index is 12.3. The first-order valence-corrected chi connectivity index (χ1v) is 8.86. The van der Waals surface area contributed by atoms with Crippen LogP contribution in [0.5, 0.6) is 11.5 Å². The summed E-state index contributed by atoms with van der Waals surface area (Å²) in [4.78, 5) is 15.5. The van der Waals surface area contributed by atoms with Gasteiger partial charge in [-0.15, -0.1) is 0 Å². The number of carbonyl (C=O) groups excluding carboxylic acids is 1. The van der Waals surface area contributed by atoms with E-state index in [0.717, 1.165) is 23.1 Å². The second kappa shape index (κ2) is 8.45. The number of aromatic amines is 1. The molecule has 0 atom stereocenters. The zero-order chi connectivity index (χ0) is 19.2. The molecular formula is C22H24N2O3. The Kier molecular flexibility index (Phi) is 5.81. The van der Waals surface area contributed by atoms with E-state index in [1.165, 1.54) is 10.9 Å². The molecule has 0 saturated carbocycles. The molecule has 0 aliphatic heterocycles. The van der Waals surface area contributed by atoms with Crippen LogP contribution in [0, 0.1) is 0 Å². The highest BCUT2D eigenvalue weighted by Gasteiger charge is 2.09. The number of carbonyl (C=O) groups is 1. The molecule has 140 valence electrons. The van der Waals surface area contributed by atoms with Crippen molar-refractivity contribution in [1.29, 1.82) is 0 Å². The molecule has 1 amide bonds. The van der Waals surface area contributed by atoms with E-state index in [1.807, 2.05) is 49.5 Å². The Bertz CT molecular complexity index is 973. The first-order valence-electron chi connectivity index (χ1n) is 8.86. The highest BCUT2D eigenvalue weighted by molar-refractivity contribution is 5.95. The molecule has 0 unspecified atom stereocenters. The number of hydrogen-bond acceptors (Lipinski definition) is 3. The number of ether oxygens (including phenoxy) is 2. The SMILES string of the molecule is COc1ccc(/C(C)=C/C(=O)NCCc2c[nH]c3ccccc23)c(OC)c1. The van der Waals surface area contributed by atoms with Gasteiger partial charge in [0.15, 0.2) is 0 Å². The number of rotatable bonds is 7. The molecule has 1 aromatic heterocycles. The molecule has 5 heteroatoms. The lowest BCUT2D eigenvalue weighted by Crippen LogP contribution is -2.23. The highest BCUT2D eigenvalue weighted by Crippen LogP contribution is 2.29. The van der Waals surface area contributed by atoms with Crippen LogP contribution in [0.2, 0.25) is 0 Å². The summed E-state index contributed by atoms with van der Waals surface area (Å²) >= 11 is 0. The van der Waals surface area contributed by atoms with Crippen molar-refractivity contribution in [1.82, 2.24) is 10.3 Å². The molecule has 0 aliphatic carbocycles. The minimum absolute atomic E-state index is 0.120. The third-order valence-corrected chi connectivity index (χ3v) is 4.55. The van der Waals surface area contributed by atoms with Gasteiger partial charge in [0.2, 0.25) is 5.91 Å². The molecular weight excluding hydrogens is 340 g/mol. The maximum Gasteiger partial charge on any atom is 0.244 e. The first kappa shape index (κ1) is 18.6. The van der Waals surface area contributed by atoms with Crippen molar-refractivity contribution in [3.05, 3.63) is 65.9 Å². The van der Waals surface area contributed by atoms with E-state index in [4.69, 9.17) is 9.47 Å². The average Bonchev–Trinajstić information content (AvgIpc) is 3.10. The number of amides is 1. The van der Waals surface area contributed by atoms with Gasteiger partial charge in [-0.2, -0.15) is 0 Å². The van der Waals surface area contributed by atoms with Gasteiger partial charge in [-0.1, -0.05) is 18.2 Å². The Hall–Kier alpha value is -3.21. The molecule has 3 rings (SSSR count). The Balaban J connectivity index is 1.63. The number of H-pyrrole nitrogens is 1. The number of allylic oxidation sites excluding steroid dienone is 1. The number of methoxy groups -OCH3 is 2. The zero-order valence-corrected chi connectivity index (χ0v) is 15.8. The van der Waals surface area contributed by atoms with Crippen molar-refractivity contribution < 1.29 is 14.3 Å². The van der Waals surface area contributed by atoms with Crippen LogP contribution in [0.4, 0.5) is 0 Å². The summed E-state index contributed by atoms with van der Waals surface area (Å²) in [5, 5.41) is 4.15. The van der Waals surface area contributed by atoms with Crippen molar-refractivity contribution >= 4 is 22.4 Å². The van der Waals surface area contributed by atoms with E-state index in [-0.39, 0.29) is 5.91 Å². The van der Waals surface area contributed by atoms with Crippen LogP contribution >= 0.6 is 0 Å². The largest absolute Gasteiger partial charge is 0.497 e. The number of para-hydroxylation sites is 1. The number of fused-ring (bicyclic) bond motifs is 1. The van der Waals surface area contributed by atoms with Gasteiger partial charge in [0.05, 0.1) is 14.2 Å². The summed E-state index contributed by atoms with van der Waals surface area (Å²) < 4.78 is 10.6. The lowest BCUT2D eigenvalue weighted by molar-refractivity contribution is -0.116. The quantitative estimate of drug-likeness (QED) is 0.624. The summed E-state index contributed by atoms with van der Waals surface area (Å²) in [6.07, 6.45) is 4.37. The maximum absolute atomic E-state index is 12.3. The van der Waals surface area contributed by atoms with Crippen LogP contribution in [0.25, 0.3) is 16.5 Å². The predicted molar refractivity (Wildman–Crippen MR) is 108 cm³/mol. The standard InChI is InChI=1S/C22H24N2O3/c1-15(18-9-8-17(26-2)13-21(18)27-3)12-22(25)23-11-10-16-14-24-20-7-5-4-6-19(16)20/h4-9,12-14,24H,10-11H2,1-3H3,(H,23,25)/b15-12+. The summed E-state index contributed by atoms with van der Waals surface area (Å²) in [7, 11) is 3.21. The van der Waals surface area contributed by atoms with Crippen LogP contribution in [-0.2, 0) is 11.2 Å². The van der Waals surface area contributed by atoms with Crippen LogP contribution in [0.1, 0.15) is 18.1 Å². The van der Waals surface area contributed by atoms with Crippen LogP contribution < -0.4 is 14.8 Å². The van der Waals surface area contributed by atoms with Crippen molar-refractivity contribution in [2.24, 2.45) is 0 Å². The van der Waals surface area contributed by atoms with E-state index in [2.05, 4.69) is 16.4 Å². The Morgan fingerprint density at radius 1 is 1.15 bits per heavy atom. The minimum Gasteiger partial charge on any atom is -0.497 e. The molecule has 3 aromatic rings. The van der Waals surface area contributed by atoms with Gasteiger partial charge < -0.3 is 19.8 Å². The van der Waals surface area contributed by atoms with Crippen molar-refractivity contribution in [2.75, 3.05) is 20.8 Å². The second-order valence-electron chi connectivity index (χ2n) is 6.29. The molecule has 0 aliphatic rings. The first-order chi connectivity index (χ1) is 13.1. The van der Waals surface area contributed by atoms with E-state index >= 15 is 0 Å². The second-order valence-corrected chi connectivity index (χ2v) is 6.29. The topological polar surface area (TPSA) is 63.3 Å². The summed E-state index contributed by atoms with van der Waals surface area (Å²) in [6, 6.07) is 13.7. The van der Waals surface area contributed by atoms with E-state index in [1.54, 1.807) is 20.3 Å². The molecule has 0 radical (unpaired) electrons. The van der Waals surface area contributed by atoms with E-state index < -0.39 is 0 Å². The lowest BCUT2D eigenvalue weighted by atomic mass is 10.1. The van der Waals surface area contributed by atoms with Crippen molar-refractivity contribution in [2.45, 2.75) is 13.3 Å². The zero-order valence-electron chi connectivity index (χ0n) is 15.8. The molecule has 2 aromatic carbocycles. The number of aromatic nitrogens is 1. The number of hydrogen-bond donors (Lipinski definition) is 2. The lowest BCUT2D eigenvalue weighted by Gasteiger charge is -2.11. The molecule has 1 heterocycles. The molecule has 5 nitrogen and oxygen atoms in total. The molecule has 2 N–H and O–H groups in total. The van der Waals surface area contributed by atoms with Gasteiger partial charge >= 0.3 is 0 Å². The fraction of sp³-hybridized carbons (Fsp3) is 0.227. The monoisotopic (exact) mass is 364 g/mol. The van der Waals surface area contributed by atoms with Crippen LogP contribution in [0.15, 0.2) is 54.7 Å². The summed E-state index contributed by atoms with van der Waals surface area (Å²) in [5.74, 6) is 1.27. The fourth-order valence-corrected chi connectivity index (χ4v) is 3.11. The Morgan fingerprint density at radius 2 is 1.96 bits per heavy atom. The molecule has 0 bridgehead atoms. The fourth-order valence-electron chi connectivity index (χ4n) is 3.11. The van der Waals surface area contributed by atoms with Gasteiger partial charge in [0, 0.05) is 41.4 Å². The average molecular weight is 364 g/mol. The van der Waals surface area contributed by atoms with E-state index in [9.17, 15) is 4.79 Å². The summed E-state index contributed by atoms with van der Waals surface area (Å²) in [6.45, 7) is 2.47. The number of nitrogens with one attached hydrogen (secondary N) is 2. The van der Waals surface area contributed by atoms with E-state index in [0.29, 0.717) is 18.0 Å². The van der Waals surface area contributed by atoms with Gasteiger partial charge in [-0.25, -0.2) is 0 Å². The third kappa shape index (κ3) is 4.31. The summed E-state index contributed by atoms with van der Waals surface area (Å²) in [5.41, 5.74) is 4.01.